The predicted octanol–water partition coefficient (Wildman–Crippen LogP) is 4.35. The molecule has 9 nitrogen and oxygen atoms in total. The van der Waals surface area contributed by atoms with Gasteiger partial charge < -0.3 is 19.9 Å². The van der Waals surface area contributed by atoms with E-state index in [4.69, 9.17) is 14.6 Å². The van der Waals surface area contributed by atoms with Crippen molar-refractivity contribution >= 4 is 11.5 Å². The molecule has 190 valence electrons. The second-order valence-corrected chi connectivity index (χ2v) is 10.7. The number of aliphatic hydroxyl groups is 1. The SMILES string of the molecule is CC(C)(O)c1cc(Nc2cc(Oc3cn(C4CC4)nc3C3CCN(C4COC4)CC3)ccn2)ccn1. The summed E-state index contributed by atoms with van der Waals surface area (Å²) < 4.78 is 13.9. The van der Waals surface area contributed by atoms with Crippen molar-refractivity contribution in [1.29, 1.82) is 0 Å². The smallest absolute Gasteiger partial charge is 0.168 e. The number of rotatable bonds is 8. The van der Waals surface area contributed by atoms with Gasteiger partial charge in [-0.2, -0.15) is 5.10 Å². The molecule has 9 heteroatoms. The van der Waals surface area contributed by atoms with Gasteiger partial charge in [0.1, 0.15) is 22.9 Å². The molecule has 0 radical (unpaired) electrons. The van der Waals surface area contributed by atoms with E-state index < -0.39 is 5.60 Å². The van der Waals surface area contributed by atoms with Crippen molar-refractivity contribution in [1.82, 2.24) is 24.6 Å². The normalized spacial score (nSPS) is 19.8. The van der Waals surface area contributed by atoms with Crippen LogP contribution in [0.5, 0.6) is 11.5 Å². The van der Waals surface area contributed by atoms with Crippen LogP contribution in [0.3, 0.4) is 0 Å². The van der Waals surface area contributed by atoms with Gasteiger partial charge in [-0.3, -0.25) is 14.6 Å². The molecule has 2 aliphatic heterocycles. The molecule has 1 saturated carbocycles. The fourth-order valence-electron chi connectivity index (χ4n) is 4.91. The number of ether oxygens (including phenoxy) is 2. The van der Waals surface area contributed by atoms with Gasteiger partial charge in [-0.25, -0.2) is 4.98 Å². The Kier molecular flexibility index (Phi) is 6.15. The van der Waals surface area contributed by atoms with Gasteiger partial charge in [-0.05, 0) is 70.8 Å². The van der Waals surface area contributed by atoms with Crippen LogP contribution in [0.4, 0.5) is 11.5 Å². The van der Waals surface area contributed by atoms with Crippen LogP contribution in [0.15, 0.2) is 42.9 Å². The summed E-state index contributed by atoms with van der Waals surface area (Å²) in [4.78, 5) is 11.3. The summed E-state index contributed by atoms with van der Waals surface area (Å²) in [6.07, 6.45) is 10.0. The lowest BCUT2D eigenvalue weighted by atomic mass is 9.92. The molecule has 3 aromatic rings. The second-order valence-electron chi connectivity index (χ2n) is 10.7. The van der Waals surface area contributed by atoms with Crippen molar-refractivity contribution < 1.29 is 14.6 Å². The maximum atomic E-state index is 10.3. The predicted molar refractivity (Wildman–Crippen MR) is 136 cm³/mol. The van der Waals surface area contributed by atoms with Gasteiger partial charge in [0.15, 0.2) is 5.75 Å². The Morgan fingerprint density at radius 2 is 1.81 bits per heavy atom. The Hall–Kier alpha value is -3.01. The highest BCUT2D eigenvalue weighted by Gasteiger charge is 2.34. The monoisotopic (exact) mass is 490 g/mol. The molecule has 0 atom stereocenters. The molecule has 2 saturated heterocycles. The van der Waals surface area contributed by atoms with Crippen molar-refractivity contribution in [2.24, 2.45) is 0 Å². The van der Waals surface area contributed by atoms with E-state index in [1.165, 1.54) is 12.8 Å². The second kappa shape index (κ2) is 9.46. The van der Waals surface area contributed by atoms with Crippen LogP contribution in [0.1, 0.15) is 62.9 Å². The standard InChI is InChI=1S/C27H34N6O3/c1-27(2,34)24-13-19(5-9-28-24)30-25-14-22(6-10-29-25)36-23-15-33(20-3-4-20)31-26(23)18-7-11-32(12-8-18)21-16-35-17-21/h5-6,9-10,13-15,18,20-21,34H,3-4,7-8,11-12,16-17H2,1-2H3,(H,28,29,30). The zero-order valence-electron chi connectivity index (χ0n) is 20.9. The van der Waals surface area contributed by atoms with Crippen LogP contribution in [0, 0.1) is 0 Å². The molecule has 3 fully saturated rings. The Labute approximate surface area is 211 Å². The van der Waals surface area contributed by atoms with Gasteiger partial charge in [0.2, 0.25) is 0 Å². The van der Waals surface area contributed by atoms with Gasteiger partial charge in [0.05, 0.1) is 37.2 Å². The molecular formula is C27H34N6O3. The largest absolute Gasteiger partial charge is 0.454 e. The lowest BCUT2D eigenvalue weighted by Crippen LogP contribution is -2.51. The van der Waals surface area contributed by atoms with Gasteiger partial charge in [0, 0.05) is 30.1 Å². The minimum absolute atomic E-state index is 0.397. The number of aromatic nitrogens is 4. The first-order valence-corrected chi connectivity index (χ1v) is 12.9. The average molecular weight is 491 g/mol. The Balaban J connectivity index is 1.18. The molecule has 6 rings (SSSR count). The van der Waals surface area contributed by atoms with Crippen molar-refractivity contribution in [3.05, 3.63) is 54.2 Å². The van der Waals surface area contributed by atoms with Crippen LogP contribution in [-0.2, 0) is 10.3 Å². The summed E-state index contributed by atoms with van der Waals surface area (Å²) in [6, 6.07) is 8.53. The van der Waals surface area contributed by atoms with Gasteiger partial charge in [0.25, 0.3) is 0 Å². The van der Waals surface area contributed by atoms with Gasteiger partial charge >= 0.3 is 0 Å². The zero-order valence-corrected chi connectivity index (χ0v) is 20.9. The topological polar surface area (TPSA) is 97.6 Å². The summed E-state index contributed by atoms with van der Waals surface area (Å²) in [7, 11) is 0. The van der Waals surface area contributed by atoms with E-state index in [9.17, 15) is 5.11 Å². The number of nitrogens with zero attached hydrogens (tertiary/aromatic N) is 5. The number of hydrogen-bond donors (Lipinski definition) is 2. The maximum Gasteiger partial charge on any atom is 0.168 e. The number of nitrogens with one attached hydrogen (secondary N) is 1. The van der Waals surface area contributed by atoms with Crippen LogP contribution >= 0.6 is 0 Å². The first-order valence-electron chi connectivity index (χ1n) is 12.9. The number of anilines is 2. The minimum atomic E-state index is -1.02. The quantitative estimate of drug-likeness (QED) is 0.481. The molecule has 0 aromatic carbocycles. The highest BCUT2D eigenvalue weighted by molar-refractivity contribution is 5.58. The molecule has 3 aliphatic rings. The van der Waals surface area contributed by atoms with Crippen molar-refractivity contribution in [2.45, 2.75) is 63.1 Å². The summed E-state index contributed by atoms with van der Waals surface area (Å²) in [5.41, 5.74) is 1.45. The minimum Gasteiger partial charge on any atom is -0.454 e. The third-order valence-electron chi connectivity index (χ3n) is 7.32. The molecule has 0 amide bonds. The lowest BCUT2D eigenvalue weighted by molar-refractivity contribution is -0.0713. The molecular weight excluding hydrogens is 456 g/mol. The molecule has 3 aromatic heterocycles. The lowest BCUT2D eigenvalue weighted by Gasteiger charge is -2.41. The third kappa shape index (κ3) is 5.09. The van der Waals surface area contributed by atoms with Crippen LogP contribution in [0.2, 0.25) is 0 Å². The Morgan fingerprint density at radius 3 is 2.50 bits per heavy atom. The molecule has 1 aliphatic carbocycles. The zero-order chi connectivity index (χ0) is 24.7. The molecule has 0 unspecified atom stereocenters. The Bertz CT molecular complexity index is 1210. The van der Waals surface area contributed by atoms with E-state index in [0.717, 1.165) is 56.3 Å². The number of hydrogen-bond acceptors (Lipinski definition) is 8. The first-order chi connectivity index (χ1) is 17.4. The molecule has 2 N–H and O–H groups in total. The molecule has 0 spiro atoms. The van der Waals surface area contributed by atoms with E-state index >= 15 is 0 Å². The van der Waals surface area contributed by atoms with Crippen LogP contribution in [-0.4, -0.2) is 62.1 Å². The number of likely N-dealkylation sites (tertiary alicyclic amines) is 1. The maximum absolute atomic E-state index is 10.3. The van der Waals surface area contributed by atoms with E-state index in [0.29, 0.717) is 35.3 Å². The van der Waals surface area contributed by atoms with Crippen LogP contribution in [0.25, 0.3) is 0 Å². The molecule has 0 bridgehead atoms. The third-order valence-corrected chi connectivity index (χ3v) is 7.32. The summed E-state index contributed by atoms with van der Waals surface area (Å²) in [5.74, 6) is 2.61. The van der Waals surface area contributed by atoms with Crippen molar-refractivity contribution in [2.75, 3.05) is 31.6 Å². The number of pyridine rings is 2. The highest BCUT2D eigenvalue weighted by Crippen LogP contribution is 2.41. The van der Waals surface area contributed by atoms with E-state index in [2.05, 4.69) is 31.1 Å². The molecule has 5 heterocycles. The fraction of sp³-hybridized carbons (Fsp3) is 0.519. The van der Waals surface area contributed by atoms with E-state index in [1.54, 1.807) is 26.2 Å². The highest BCUT2D eigenvalue weighted by atomic mass is 16.5. The van der Waals surface area contributed by atoms with Gasteiger partial charge in [-0.1, -0.05) is 0 Å². The first kappa shape index (κ1) is 23.4. The fourth-order valence-corrected chi connectivity index (χ4v) is 4.91. The van der Waals surface area contributed by atoms with E-state index in [1.807, 2.05) is 24.3 Å². The van der Waals surface area contributed by atoms with Crippen LogP contribution < -0.4 is 10.1 Å². The summed E-state index contributed by atoms with van der Waals surface area (Å²) >= 11 is 0. The van der Waals surface area contributed by atoms with Gasteiger partial charge in [-0.15, -0.1) is 0 Å². The number of piperidine rings is 1. The Morgan fingerprint density at radius 1 is 1.03 bits per heavy atom. The summed E-state index contributed by atoms with van der Waals surface area (Å²) in [5, 5.41) is 18.6. The van der Waals surface area contributed by atoms with Crippen molar-refractivity contribution in [3.8, 4) is 11.5 Å². The van der Waals surface area contributed by atoms with E-state index in [-0.39, 0.29) is 0 Å². The van der Waals surface area contributed by atoms with Crippen molar-refractivity contribution in [3.63, 3.8) is 0 Å². The average Bonchev–Trinajstić information content (AvgIpc) is 3.59. The molecule has 36 heavy (non-hydrogen) atoms. The summed E-state index contributed by atoms with van der Waals surface area (Å²) in [6.45, 7) is 7.33.